The van der Waals surface area contributed by atoms with Crippen molar-refractivity contribution in [1.82, 2.24) is 0 Å². The van der Waals surface area contributed by atoms with Gasteiger partial charge in [0, 0.05) is 8.95 Å². The number of fused-ring (bicyclic) bond motifs is 2. The Morgan fingerprint density at radius 3 is 2.65 bits per heavy atom. The number of benzene rings is 2. The second-order valence-corrected chi connectivity index (χ2v) is 5.45. The van der Waals surface area contributed by atoms with Crippen LogP contribution in [-0.2, 0) is 0 Å². The monoisotopic (exact) mass is 352 g/mol. The zero-order chi connectivity index (χ0) is 12.0. The molecule has 3 rings (SSSR count). The molecule has 0 aliphatic heterocycles. The zero-order valence-corrected chi connectivity index (χ0v) is 11.7. The van der Waals surface area contributed by atoms with Crippen LogP contribution in [0.25, 0.3) is 21.9 Å². The second kappa shape index (κ2) is 3.96. The van der Waals surface area contributed by atoms with Crippen molar-refractivity contribution in [1.29, 1.82) is 0 Å². The molecule has 0 aliphatic carbocycles. The SMILES string of the molecule is O=c1c2ccc(Br)cc2oc2cccc(Br)c12. The Morgan fingerprint density at radius 2 is 1.82 bits per heavy atom. The van der Waals surface area contributed by atoms with Crippen molar-refractivity contribution in [3.05, 3.63) is 55.6 Å². The quantitative estimate of drug-likeness (QED) is 0.558. The molecule has 84 valence electrons. The molecule has 4 heteroatoms. The van der Waals surface area contributed by atoms with Gasteiger partial charge in [0.05, 0.1) is 10.8 Å². The van der Waals surface area contributed by atoms with E-state index in [0.29, 0.717) is 21.9 Å². The molecule has 0 fully saturated rings. The van der Waals surface area contributed by atoms with Crippen LogP contribution < -0.4 is 5.43 Å². The van der Waals surface area contributed by atoms with E-state index in [-0.39, 0.29) is 5.43 Å². The Morgan fingerprint density at radius 1 is 1.00 bits per heavy atom. The van der Waals surface area contributed by atoms with Gasteiger partial charge >= 0.3 is 0 Å². The molecule has 0 N–H and O–H groups in total. The van der Waals surface area contributed by atoms with Gasteiger partial charge in [0.2, 0.25) is 5.43 Å². The maximum Gasteiger partial charge on any atom is 0.201 e. The highest BCUT2D eigenvalue weighted by atomic mass is 79.9. The van der Waals surface area contributed by atoms with Crippen LogP contribution in [0, 0.1) is 0 Å². The summed E-state index contributed by atoms with van der Waals surface area (Å²) in [4.78, 5) is 12.3. The molecule has 0 saturated carbocycles. The van der Waals surface area contributed by atoms with E-state index in [4.69, 9.17) is 4.42 Å². The molecule has 2 nitrogen and oxygen atoms in total. The van der Waals surface area contributed by atoms with Crippen molar-refractivity contribution in [2.45, 2.75) is 0 Å². The van der Waals surface area contributed by atoms with Gasteiger partial charge in [-0.1, -0.05) is 22.0 Å². The lowest BCUT2D eigenvalue weighted by molar-refractivity contribution is 0.659. The molecular formula is C13H6Br2O2. The largest absolute Gasteiger partial charge is 0.456 e. The molecular weight excluding hydrogens is 348 g/mol. The average Bonchev–Trinajstić information content (AvgIpc) is 2.28. The molecule has 3 aromatic rings. The molecule has 0 aliphatic rings. The first-order chi connectivity index (χ1) is 8.16. The van der Waals surface area contributed by atoms with Crippen molar-refractivity contribution >= 4 is 53.8 Å². The fourth-order valence-corrected chi connectivity index (χ4v) is 2.70. The molecule has 0 bridgehead atoms. The lowest BCUT2D eigenvalue weighted by atomic mass is 10.1. The molecule has 0 atom stereocenters. The smallest absolute Gasteiger partial charge is 0.201 e. The van der Waals surface area contributed by atoms with Gasteiger partial charge in [0.15, 0.2) is 0 Å². The van der Waals surface area contributed by atoms with Gasteiger partial charge in [-0.05, 0) is 46.3 Å². The van der Waals surface area contributed by atoms with E-state index in [1.54, 1.807) is 18.2 Å². The molecule has 2 aromatic carbocycles. The lowest BCUT2D eigenvalue weighted by Gasteiger charge is -2.02. The summed E-state index contributed by atoms with van der Waals surface area (Å²) < 4.78 is 7.38. The first-order valence-corrected chi connectivity index (χ1v) is 6.56. The van der Waals surface area contributed by atoms with Crippen molar-refractivity contribution in [3.63, 3.8) is 0 Å². The highest BCUT2D eigenvalue weighted by molar-refractivity contribution is 9.11. The Kier molecular flexibility index (Phi) is 2.56. The van der Waals surface area contributed by atoms with Crippen LogP contribution in [0.1, 0.15) is 0 Å². The molecule has 17 heavy (non-hydrogen) atoms. The predicted molar refractivity (Wildman–Crippen MR) is 75.4 cm³/mol. The Hall–Kier alpha value is -1.13. The Labute approximate surface area is 113 Å². The second-order valence-electron chi connectivity index (χ2n) is 3.68. The summed E-state index contributed by atoms with van der Waals surface area (Å²) in [5.74, 6) is 0. The summed E-state index contributed by atoms with van der Waals surface area (Å²) >= 11 is 6.74. The first kappa shape index (κ1) is 11.0. The van der Waals surface area contributed by atoms with Gasteiger partial charge in [-0.2, -0.15) is 0 Å². The topological polar surface area (TPSA) is 30.2 Å². The average molecular weight is 354 g/mol. The molecule has 0 amide bonds. The van der Waals surface area contributed by atoms with Crippen LogP contribution >= 0.6 is 31.9 Å². The Bertz CT molecular complexity index is 790. The summed E-state index contributed by atoms with van der Waals surface area (Å²) in [5, 5.41) is 1.18. The van der Waals surface area contributed by atoms with Crippen LogP contribution in [0.5, 0.6) is 0 Å². The van der Waals surface area contributed by atoms with E-state index >= 15 is 0 Å². The van der Waals surface area contributed by atoms with Crippen LogP contribution in [-0.4, -0.2) is 0 Å². The number of hydrogen-bond donors (Lipinski definition) is 0. The molecule has 1 aromatic heterocycles. The first-order valence-electron chi connectivity index (χ1n) is 4.97. The van der Waals surface area contributed by atoms with Crippen LogP contribution in [0.2, 0.25) is 0 Å². The van der Waals surface area contributed by atoms with Gasteiger partial charge < -0.3 is 4.42 Å². The minimum absolute atomic E-state index is 0.0128. The lowest BCUT2D eigenvalue weighted by Crippen LogP contribution is -2.02. The van der Waals surface area contributed by atoms with E-state index in [2.05, 4.69) is 31.9 Å². The highest BCUT2D eigenvalue weighted by Gasteiger charge is 2.09. The fraction of sp³-hybridized carbons (Fsp3) is 0. The number of halogens is 2. The standard InChI is InChI=1S/C13H6Br2O2/c14-7-4-5-8-11(6-7)17-10-3-1-2-9(15)12(10)13(8)16/h1-6H. The predicted octanol–water partition coefficient (Wildman–Crippen LogP) is 4.47. The van der Waals surface area contributed by atoms with E-state index in [9.17, 15) is 4.79 Å². The van der Waals surface area contributed by atoms with Gasteiger partial charge in [-0.15, -0.1) is 0 Å². The van der Waals surface area contributed by atoms with E-state index in [0.717, 1.165) is 8.95 Å². The Balaban J connectivity index is 2.62. The minimum Gasteiger partial charge on any atom is -0.456 e. The van der Waals surface area contributed by atoms with Crippen LogP contribution in [0.4, 0.5) is 0 Å². The third-order valence-corrected chi connectivity index (χ3v) is 3.76. The summed E-state index contributed by atoms with van der Waals surface area (Å²) in [6.07, 6.45) is 0. The summed E-state index contributed by atoms with van der Waals surface area (Å²) in [6.45, 7) is 0. The molecule has 0 unspecified atom stereocenters. The normalized spacial score (nSPS) is 11.2. The number of rotatable bonds is 0. The van der Waals surface area contributed by atoms with Crippen LogP contribution in [0.3, 0.4) is 0 Å². The third-order valence-electron chi connectivity index (χ3n) is 2.61. The summed E-state index contributed by atoms with van der Waals surface area (Å²) in [6, 6.07) is 10.9. The highest BCUT2D eigenvalue weighted by Crippen LogP contribution is 2.26. The maximum atomic E-state index is 12.3. The van der Waals surface area contributed by atoms with Gasteiger partial charge in [-0.25, -0.2) is 0 Å². The van der Waals surface area contributed by atoms with E-state index in [1.165, 1.54) is 0 Å². The van der Waals surface area contributed by atoms with Gasteiger partial charge in [0.1, 0.15) is 11.2 Å². The van der Waals surface area contributed by atoms with Crippen molar-refractivity contribution in [2.75, 3.05) is 0 Å². The zero-order valence-electron chi connectivity index (χ0n) is 8.54. The maximum absolute atomic E-state index is 12.3. The van der Waals surface area contributed by atoms with Crippen LogP contribution in [0.15, 0.2) is 54.6 Å². The molecule has 0 radical (unpaired) electrons. The van der Waals surface area contributed by atoms with E-state index < -0.39 is 0 Å². The summed E-state index contributed by atoms with van der Waals surface area (Å²) in [5.41, 5.74) is 1.17. The van der Waals surface area contributed by atoms with Gasteiger partial charge in [-0.3, -0.25) is 4.79 Å². The van der Waals surface area contributed by atoms with E-state index in [1.807, 2.05) is 18.2 Å². The number of hydrogen-bond acceptors (Lipinski definition) is 2. The van der Waals surface area contributed by atoms with Crippen molar-refractivity contribution in [2.24, 2.45) is 0 Å². The molecule has 1 heterocycles. The third kappa shape index (κ3) is 1.72. The minimum atomic E-state index is -0.0128. The molecule has 0 saturated heterocycles. The van der Waals surface area contributed by atoms with Gasteiger partial charge in [0.25, 0.3) is 0 Å². The summed E-state index contributed by atoms with van der Waals surface area (Å²) in [7, 11) is 0. The van der Waals surface area contributed by atoms with Crippen molar-refractivity contribution in [3.8, 4) is 0 Å². The van der Waals surface area contributed by atoms with Crippen molar-refractivity contribution < 1.29 is 4.42 Å². The molecule has 0 spiro atoms. The fourth-order valence-electron chi connectivity index (χ4n) is 1.83.